The normalized spacial score (nSPS) is 26.7. The van der Waals surface area contributed by atoms with E-state index >= 15 is 0 Å². The zero-order chi connectivity index (χ0) is 72.5. The second-order valence-electron chi connectivity index (χ2n) is 29.2. The number of nitrogens with one attached hydrogen (secondary N) is 1. The number of amides is 1. The highest BCUT2D eigenvalue weighted by molar-refractivity contribution is 5.76. The van der Waals surface area contributed by atoms with Crippen LogP contribution in [0.15, 0.2) is 48.6 Å². The van der Waals surface area contributed by atoms with Gasteiger partial charge in [-0.1, -0.05) is 319 Å². The van der Waals surface area contributed by atoms with Crippen LogP contribution in [0.25, 0.3) is 0 Å². The summed E-state index contributed by atoms with van der Waals surface area (Å²) in [5, 5.41) is 121. The maximum atomic E-state index is 13.5. The average molecular weight is 1430 g/mol. The molecule has 3 aliphatic rings. The minimum atomic E-state index is -1.97. The molecule has 19 heteroatoms. The Morgan fingerprint density at radius 3 is 1.08 bits per heavy atom. The van der Waals surface area contributed by atoms with Crippen molar-refractivity contribution >= 4 is 5.91 Å². The number of hydrogen-bond donors (Lipinski definition) is 12. The number of aliphatic hydroxyl groups excluding tert-OH is 11. The van der Waals surface area contributed by atoms with Crippen LogP contribution in [0, 0.1) is 0 Å². The third kappa shape index (κ3) is 41.6. The largest absolute Gasteiger partial charge is 0.394 e. The molecular weight excluding hydrogens is 1270 g/mol. The summed E-state index contributed by atoms with van der Waals surface area (Å²) in [6, 6.07) is -0.892. The third-order valence-electron chi connectivity index (χ3n) is 20.4. The van der Waals surface area contributed by atoms with Gasteiger partial charge in [0, 0.05) is 6.42 Å². The van der Waals surface area contributed by atoms with Crippen molar-refractivity contribution in [3.05, 3.63) is 48.6 Å². The smallest absolute Gasteiger partial charge is 0.220 e. The fraction of sp³-hybridized carbons (Fsp3) is 0.889. The van der Waals surface area contributed by atoms with Crippen molar-refractivity contribution in [1.29, 1.82) is 0 Å². The summed E-state index contributed by atoms with van der Waals surface area (Å²) in [4.78, 5) is 13.5. The summed E-state index contributed by atoms with van der Waals surface area (Å²) in [5.41, 5.74) is 0. The van der Waals surface area contributed by atoms with Crippen molar-refractivity contribution in [2.75, 3.05) is 26.4 Å². The van der Waals surface area contributed by atoms with Crippen molar-refractivity contribution in [2.24, 2.45) is 0 Å². The van der Waals surface area contributed by atoms with Crippen molar-refractivity contribution < 1.29 is 89.4 Å². The molecule has 1 amide bonds. The van der Waals surface area contributed by atoms with E-state index in [4.69, 9.17) is 28.4 Å². The standard InChI is InChI=1S/C81H149NO18/c1-3-5-7-9-11-13-15-17-19-21-23-25-27-29-30-31-32-33-35-36-38-40-42-44-46-48-50-52-54-56-58-65(86)64(82-69(87)59-57-55-53-51-49-47-45-43-41-39-37-34-28-26-24-22-20-18-16-14-12-10-8-6-4-2)63-95-79-75(93)72(90)77(67(61-84)97-79)100-81-76(94)73(91)78(68(62-85)98-81)99-80-74(92)71(89)70(88)66(60-83)96-80/h6,8,12,14,18,20,24,26,64-68,70-81,83-86,88-94H,3-5,7,9-11,13,15-17,19,21-23,25,27-63H2,1-2H3,(H,82,87)/b8-6-,14-12-,20-18-,26-24-. The van der Waals surface area contributed by atoms with E-state index in [9.17, 15) is 61.0 Å². The Balaban J connectivity index is 1.36. The first kappa shape index (κ1) is 92.0. The second-order valence-corrected chi connectivity index (χ2v) is 29.2. The molecule has 0 saturated carbocycles. The van der Waals surface area contributed by atoms with Gasteiger partial charge in [-0.25, -0.2) is 0 Å². The van der Waals surface area contributed by atoms with Gasteiger partial charge < -0.3 is 89.9 Å². The van der Waals surface area contributed by atoms with E-state index in [1.54, 1.807) is 0 Å². The monoisotopic (exact) mass is 1420 g/mol. The van der Waals surface area contributed by atoms with Crippen LogP contribution < -0.4 is 5.32 Å². The molecule has 3 heterocycles. The van der Waals surface area contributed by atoms with E-state index in [0.29, 0.717) is 12.8 Å². The first-order valence-electron chi connectivity index (χ1n) is 40.9. The van der Waals surface area contributed by atoms with Gasteiger partial charge in [0.2, 0.25) is 5.91 Å². The van der Waals surface area contributed by atoms with Gasteiger partial charge in [-0.15, -0.1) is 0 Å². The molecule has 0 spiro atoms. The van der Waals surface area contributed by atoms with Gasteiger partial charge in [0.05, 0.1) is 38.6 Å². The zero-order valence-electron chi connectivity index (χ0n) is 62.7. The Kier molecular flexibility index (Phi) is 56.9. The molecule has 0 bridgehead atoms. The first-order valence-corrected chi connectivity index (χ1v) is 40.9. The van der Waals surface area contributed by atoms with Crippen LogP contribution in [0.5, 0.6) is 0 Å². The molecule has 586 valence electrons. The van der Waals surface area contributed by atoms with Crippen LogP contribution in [-0.2, 0) is 33.2 Å². The fourth-order valence-corrected chi connectivity index (χ4v) is 13.9. The summed E-state index contributed by atoms with van der Waals surface area (Å²) in [6.07, 6.45) is 50.5. The molecule has 0 aromatic heterocycles. The number of hydrogen-bond acceptors (Lipinski definition) is 18. The lowest BCUT2D eigenvalue weighted by molar-refractivity contribution is -0.379. The zero-order valence-corrected chi connectivity index (χ0v) is 62.7. The lowest BCUT2D eigenvalue weighted by Gasteiger charge is -2.48. The van der Waals surface area contributed by atoms with Gasteiger partial charge in [0.15, 0.2) is 18.9 Å². The molecule has 3 fully saturated rings. The number of rotatable bonds is 65. The molecule has 12 N–H and O–H groups in total. The number of aliphatic hydroxyl groups is 11. The molecule has 0 aliphatic carbocycles. The Bertz CT molecular complexity index is 1990. The molecule has 0 aromatic rings. The van der Waals surface area contributed by atoms with Crippen LogP contribution in [0.4, 0.5) is 0 Å². The van der Waals surface area contributed by atoms with Crippen molar-refractivity contribution in [1.82, 2.24) is 5.32 Å². The summed E-state index contributed by atoms with van der Waals surface area (Å²) >= 11 is 0. The average Bonchev–Trinajstić information content (AvgIpc) is 0.783. The summed E-state index contributed by atoms with van der Waals surface area (Å²) in [7, 11) is 0. The number of carbonyl (C=O) groups excluding carboxylic acids is 1. The van der Waals surface area contributed by atoms with E-state index in [1.807, 2.05) is 0 Å². The van der Waals surface area contributed by atoms with Crippen molar-refractivity contribution in [2.45, 2.75) is 433 Å². The molecule has 19 nitrogen and oxygen atoms in total. The van der Waals surface area contributed by atoms with Gasteiger partial charge in [-0.3, -0.25) is 4.79 Å². The molecule has 3 saturated heterocycles. The molecule has 0 radical (unpaired) electrons. The predicted molar refractivity (Wildman–Crippen MR) is 397 cm³/mol. The van der Waals surface area contributed by atoms with Gasteiger partial charge >= 0.3 is 0 Å². The summed E-state index contributed by atoms with van der Waals surface area (Å²) < 4.78 is 34.5. The fourth-order valence-electron chi connectivity index (χ4n) is 13.9. The number of carbonyl (C=O) groups is 1. The lowest BCUT2D eigenvalue weighted by atomic mass is 9.96. The summed E-state index contributed by atoms with van der Waals surface area (Å²) in [6.45, 7) is 1.73. The maximum Gasteiger partial charge on any atom is 0.220 e. The van der Waals surface area contributed by atoms with Gasteiger partial charge in [-0.05, 0) is 51.4 Å². The maximum absolute atomic E-state index is 13.5. The molecule has 17 unspecified atom stereocenters. The minimum absolute atomic E-state index is 0.242. The summed E-state index contributed by atoms with van der Waals surface area (Å²) in [5.74, 6) is -0.242. The van der Waals surface area contributed by atoms with Crippen molar-refractivity contribution in [3.63, 3.8) is 0 Å². The number of ether oxygens (including phenoxy) is 6. The molecule has 17 atom stereocenters. The minimum Gasteiger partial charge on any atom is -0.394 e. The van der Waals surface area contributed by atoms with Crippen LogP contribution in [-0.4, -0.2) is 193 Å². The quantitative estimate of drug-likeness (QED) is 0.0199. The molecular formula is C81H149NO18. The second kappa shape index (κ2) is 61.9. The van der Waals surface area contributed by atoms with Crippen molar-refractivity contribution in [3.8, 4) is 0 Å². The number of allylic oxidation sites excluding steroid dienone is 8. The molecule has 3 aliphatic heterocycles. The molecule has 100 heavy (non-hydrogen) atoms. The number of unbranched alkanes of at least 4 members (excludes halogenated alkanes) is 41. The Morgan fingerprint density at radius 2 is 0.690 bits per heavy atom. The SMILES string of the molecule is CC/C=C\C/C=C\C/C=C\C/C=C\CCCCCCCCCCCCCCC(=O)NC(COC1OC(CO)C(OC2OC(CO)C(OC3OC(CO)C(O)C(O)C3O)C(O)C2O)C(O)C1O)C(O)CCCCCCCCCCCCCCCCCCCCCCCCCCCCCCCC. The third-order valence-corrected chi connectivity index (χ3v) is 20.4. The topological polar surface area (TPSA) is 307 Å². The Hall–Kier alpha value is -2.25. The van der Waals surface area contributed by atoms with Crippen LogP contribution in [0.3, 0.4) is 0 Å². The van der Waals surface area contributed by atoms with E-state index in [2.05, 4.69) is 67.8 Å². The van der Waals surface area contributed by atoms with Crippen LogP contribution in [0.2, 0.25) is 0 Å². The Labute approximate surface area is 605 Å². The molecule has 0 aromatic carbocycles. The van der Waals surface area contributed by atoms with E-state index in [1.165, 1.54) is 218 Å². The first-order chi connectivity index (χ1) is 48.8. The predicted octanol–water partition coefficient (Wildman–Crippen LogP) is 13.7. The van der Waals surface area contributed by atoms with E-state index in [-0.39, 0.29) is 18.9 Å². The van der Waals surface area contributed by atoms with E-state index in [0.717, 1.165) is 77.0 Å². The van der Waals surface area contributed by atoms with Crippen LogP contribution >= 0.6 is 0 Å². The van der Waals surface area contributed by atoms with E-state index < -0.39 is 124 Å². The lowest BCUT2D eigenvalue weighted by Crippen LogP contribution is -2.66. The highest BCUT2D eigenvalue weighted by Gasteiger charge is 2.54. The molecule has 3 rings (SSSR count). The van der Waals surface area contributed by atoms with Gasteiger partial charge in [-0.2, -0.15) is 0 Å². The van der Waals surface area contributed by atoms with Gasteiger partial charge in [0.1, 0.15) is 73.2 Å². The van der Waals surface area contributed by atoms with Crippen LogP contribution in [0.1, 0.15) is 328 Å². The van der Waals surface area contributed by atoms with Gasteiger partial charge in [0.25, 0.3) is 0 Å². The highest BCUT2D eigenvalue weighted by Crippen LogP contribution is 2.33. The Morgan fingerprint density at radius 1 is 0.370 bits per heavy atom. The highest BCUT2D eigenvalue weighted by atomic mass is 16.8.